The van der Waals surface area contributed by atoms with E-state index in [2.05, 4.69) is 42.6 Å². The molecule has 172 valence electrons. The lowest BCUT2D eigenvalue weighted by molar-refractivity contribution is -0.143. The molecule has 0 spiro atoms. The normalized spacial score (nSPS) is 37.9. The Kier molecular flexibility index (Phi) is 7.33. The highest BCUT2D eigenvalue weighted by Gasteiger charge is 2.57. The summed E-state index contributed by atoms with van der Waals surface area (Å²) >= 11 is 6.24. The van der Waals surface area contributed by atoms with Gasteiger partial charge in [-0.05, 0) is 99.5 Å². The molecule has 1 aromatic rings. The number of hydrogen-bond donors (Lipinski definition) is 2. The Bertz CT molecular complexity index is 732. The van der Waals surface area contributed by atoms with Crippen molar-refractivity contribution >= 4 is 17.5 Å². The van der Waals surface area contributed by atoms with Crippen LogP contribution in [0.4, 0.5) is 0 Å². The van der Waals surface area contributed by atoms with Crippen molar-refractivity contribution in [2.45, 2.75) is 89.0 Å². The Hall–Kier alpha value is -1.06. The van der Waals surface area contributed by atoms with Crippen molar-refractivity contribution in [3.63, 3.8) is 0 Å². The van der Waals surface area contributed by atoms with Crippen LogP contribution in [0.5, 0.6) is 0 Å². The number of alkyl halides is 1. The molecule has 0 heterocycles. The lowest BCUT2D eigenvalue weighted by Gasteiger charge is -2.57. The molecule has 31 heavy (non-hydrogen) atoms. The molecule has 4 unspecified atom stereocenters. The summed E-state index contributed by atoms with van der Waals surface area (Å²) in [6, 6.07) is 11.4. The average molecular weight is 445 g/mol. The number of carbonyl (C=O) groups excluding carboxylic acids is 1. The van der Waals surface area contributed by atoms with E-state index in [-0.39, 0.29) is 10.8 Å². The predicted molar refractivity (Wildman–Crippen MR) is 129 cm³/mol. The molecule has 4 atom stereocenters. The Morgan fingerprint density at radius 3 is 2.35 bits per heavy atom. The van der Waals surface area contributed by atoms with E-state index in [4.69, 9.17) is 17.3 Å². The largest absolute Gasteiger partial charge is 0.353 e. The maximum Gasteiger partial charge on any atom is 0.226 e. The third kappa shape index (κ3) is 4.83. The summed E-state index contributed by atoms with van der Waals surface area (Å²) in [4.78, 5) is 14.0. The van der Waals surface area contributed by atoms with Crippen molar-refractivity contribution in [2.24, 2.45) is 28.9 Å². The zero-order valence-corrected chi connectivity index (χ0v) is 20.0. The number of benzene rings is 1. The van der Waals surface area contributed by atoms with E-state index < -0.39 is 0 Å². The number of nitrogens with one attached hydrogen (secondary N) is 1. The second kappa shape index (κ2) is 9.83. The molecule has 3 saturated carbocycles. The van der Waals surface area contributed by atoms with E-state index >= 15 is 0 Å². The molecule has 4 heteroatoms. The van der Waals surface area contributed by atoms with E-state index in [1.807, 2.05) is 0 Å². The first-order chi connectivity index (χ1) is 15.0. The highest BCUT2D eigenvalue weighted by atomic mass is 35.5. The molecule has 1 amide bonds. The van der Waals surface area contributed by atoms with Gasteiger partial charge in [0.25, 0.3) is 0 Å². The maximum atomic E-state index is 14.0. The number of fused-ring (bicyclic) bond motifs is 2. The molecule has 0 saturated heterocycles. The van der Waals surface area contributed by atoms with Crippen LogP contribution in [0.2, 0.25) is 0 Å². The molecule has 3 N–H and O–H groups in total. The average Bonchev–Trinajstić information content (AvgIpc) is 2.79. The fourth-order valence-electron chi connectivity index (χ4n) is 7.38. The first-order valence-electron chi connectivity index (χ1n) is 12.6. The molecular formula is C27H41ClN2O. The minimum absolute atomic E-state index is 0.115. The van der Waals surface area contributed by atoms with Crippen molar-refractivity contribution in [3.8, 4) is 0 Å². The van der Waals surface area contributed by atoms with Crippen LogP contribution < -0.4 is 11.1 Å². The summed E-state index contributed by atoms with van der Waals surface area (Å²) < 4.78 is 0. The van der Waals surface area contributed by atoms with Crippen molar-refractivity contribution in [1.82, 2.24) is 5.32 Å². The molecule has 1 aromatic carbocycles. The zero-order chi connectivity index (χ0) is 21.9. The first-order valence-corrected chi connectivity index (χ1v) is 13.2. The van der Waals surface area contributed by atoms with Gasteiger partial charge in [-0.1, -0.05) is 43.7 Å². The first kappa shape index (κ1) is 23.1. The van der Waals surface area contributed by atoms with Crippen molar-refractivity contribution < 1.29 is 4.79 Å². The summed E-state index contributed by atoms with van der Waals surface area (Å²) in [5, 5.41) is 3.54. The minimum atomic E-state index is -0.242. The topological polar surface area (TPSA) is 55.1 Å². The van der Waals surface area contributed by atoms with Crippen LogP contribution in [0.3, 0.4) is 0 Å². The smallest absolute Gasteiger partial charge is 0.226 e. The second-order valence-corrected chi connectivity index (χ2v) is 11.3. The lowest BCUT2D eigenvalue weighted by Crippen LogP contribution is -2.57. The summed E-state index contributed by atoms with van der Waals surface area (Å²) in [7, 11) is 0. The molecule has 3 nitrogen and oxygen atoms in total. The van der Waals surface area contributed by atoms with Gasteiger partial charge in [0.1, 0.15) is 0 Å². The fraction of sp³-hybridized carbons (Fsp3) is 0.741. The number of carbonyl (C=O) groups is 1. The highest BCUT2D eigenvalue weighted by Crippen LogP contribution is 2.61. The Balaban J connectivity index is 1.61. The molecule has 2 bridgehead atoms. The van der Waals surface area contributed by atoms with Gasteiger partial charge in [0.2, 0.25) is 5.91 Å². The van der Waals surface area contributed by atoms with Gasteiger partial charge in [-0.15, -0.1) is 11.6 Å². The van der Waals surface area contributed by atoms with Crippen LogP contribution in [-0.2, 0) is 10.2 Å². The molecule has 0 radical (unpaired) electrons. The molecule has 3 fully saturated rings. The van der Waals surface area contributed by atoms with E-state index in [0.717, 1.165) is 64.3 Å². The molecule has 3 aliphatic carbocycles. The predicted octanol–water partition coefficient (Wildman–Crippen LogP) is 5.79. The number of rotatable bonds is 7. The van der Waals surface area contributed by atoms with Gasteiger partial charge in [-0.25, -0.2) is 0 Å². The Morgan fingerprint density at radius 2 is 1.71 bits per heavy atom. The van der Waals surface area contributed by atoms with Gasteiger partial charge in [-0.3, -0.25) is 4.79 Å². The molecular weight excluding hydrogens is 404 g/mol. The number of nitrogens with two attached hydrogens (primary N) is 1. The van der Waals surface area contributed by atoms with E-state index in [0.29, 0.717) is 35.6 Å². The summed E-state index contributed by atoms with van der Waals surface area (Å²) in [5.74, 6) is 2.81. The third-order valence-electron chi connectivity index (χ3n) is 8.87. The van der Waals surface area contributed by atoms with Gasteiger partial charge in [0, 0.05) is 11.9 Å². The lowest BCUT2D eigenvalue weighted by atomic mass is 9.47. The minimum Gasteiger partial charge on any atom is -0.353 e. The Morgan fingerprint density at radius 1 is 1.03 bits per heavy atom. The quantitative estimate of drug-likeness (QED) is 0.522. The molecule has 3 aliphatic rings. The van der Waals surface area contributed by atoms with E-state index in [1.165, 1.54) is 18.4 Å². The summed E-state index contributed by atoms with van der Waals surface area (Å²) in [6.07, 6.45) is 12.1. The number of amides is 1. The van der Waals surface area contributed by atoms with Crippen molar-refractivity contribution in [1.29, 1.82) is 0 Å². The van der Waals surface area contributed by atoms with Gasteiger partial charge in [0.05, 0.1) is 5.41 Å². The molecule has 4 rings (SSSR count). The van der Waals surface area contributed by atoms with E-state index in [1.54, 1.807) is 0 Å². The van der Waals surface area contributed by atoms with Crippen LogP contribution in [-0.4, -0.2) is 24.4 Å². The SMILES string of the molecule is CCC1CC2(C(=O)NC3CCC(CN)CC3)CC(CCCl)CC(c3ccccc3)(C1)C2. The zero-order valence-electron chi connectivity index (χ0n) is 19.3. The van der Waals surface area contributed by atoms with E-state index in [9.17, 15) is 4.79 Å². The third-order valence-corrected chi connectivity index (χ3v) is 9.09. The number of halogens is 1. The fourth-order valence-corrected chi connectivity index (χ4v) is 7.69. The van der Waals surface area contributed by atoms with Gasteiger partial charge < -0.3 is 11.1 Å². The van der Waals surface area contributed by atoms with Crippen LogP contribution in [0, 0.1) is 23.2 Å². The monoisotopic (exact) mass is 444 g/mol. The van der Waals surface area contributed by atoms with Crippen LogP contribution in [0.15, 0.2) is 30.3 Å². The summed E-state index contributed by atoms with van der Waals surface area (Å²) in [6.45, 7) is 3.09. The molecule has 0 aliphatic heterocycles. The number of hydrogen-bond acceptors (Lipinski definition) is 2. The Labute approximate surface area is 193 Å². The summed E-state index contributed by atoms with van der Waals surface area (Å²) in [5.41, 5.74) is 7.19. The van der Waals surface area contributed by atoms with Crippen LogP contribution >= 0.6 is 11.6 Å². The van der Waals surface area contributed by atoms with Gasteiger partial charge in [-0.2, -0.15) is 0 Å². The standard InChI is InChI=1S/C27H41ClN2O/c1-2-20-14-26(23-6-4-3-5-7-23)16-22(12-13-28)17-27(15-20,19-26)25(31)30-24-10-8-21(18-29)9-11-24/h3-7,20-22,24H,2,8-19,29H2,1H3,(H,30,31). The second-order valence-electron chi connectivity index (χ2n) is 11.0. The van der Waals surface area contributed by atoms with Crippen LogP contribution in [0.25, 0.3) is 0 Å². The van der Waals surface area contributed by atoms with Crippen molar-refractivity contribution in [2.75, 3.05) is 12.4 Å². The highest BCUT2D eigenvalue weighted by molar-refractivity contribution is 6.17. The maximum absolute atomic E-state index is 14.0. The van der Waals surface area contributed by atoms with Gasteiger partial charge in [0.15, 0.2) is 0 Å². The van der Waals surface area contributed by atoms with Gasteiger partial charge >= 0.3 is 0 Å². The van der Waals surface area contributed by atoms with Crippen LogP contribution in [0.1, 0.15) is 83.1 Å². The molecule has 0 aromatic heterocycles. The van der Waals surface area contributed by atoms with Crippen molar-refractivity contribution in [3.05, 3.63) is 35.9 Å².